The van der Waals surface area contributed by atoms with Gasteiger partial charge in [-0.05, 0) is 18.1 Å². The highest BCUT2D eigenvalue weighted by Crippen LogP contribution is 2.03. The number of aliphatic carboxylic acids is 1. The Kier molecular flexibility index (Phi) is 4.25. The minimum Gasteiger partial charge on any atom is -0.480 e. The van der Waals surface area contributed by atoms with Gasteiger partial charge in [0, 0.05) is 13.2 Å². The largest absolute Gasteiger partial charge is 0.480 e. The number of carboxylic acids is 1. The monoisotopic (exact) mass is 252 g/mol. The zero-order chi connectivity index (χ0) is 13.9. The summed E-state index contributed by atoms with van der Waals surface area (Å²) in [4.78, 5) is 34.5. The first-order valence-corrected chi connectivity index (χ1v) is 5.54. The van der Waals surface area contributed by atoms with Gasteiger partial charge in [0.1, 0.15) is 11.6 Å². The van der Waals surface area contributed by atoms with Crippen molar-refractivity contribution in [3.63, 3.8) is 0 Å². The summed E-state index contributed by atoms with van der Waals surface area (Å²) in [5, 5.41) is 11.3. The molecule has 0 bridgehead atoms. The van der Waals surface area contributed by atoms with Crippen LogP contribution in [0.1, 0.15) is 24.2 Å². The van der Waals surface area contributed by atoms with Gasteiger partial charge in [0.25, 0.3) is 11.5 Å². The number of rotatable bonds is 4. The third kappa shape index (κ3) is 2.97. The number of pyridine rings is 1. The molecule has 0 fully saturated rings. The van der Waals surface area contributed by atoms with E-state index < -0.39 is 23.5 Å². The first-order chi connectivity index (χ1) is 8.34. The van der Waals surface area contributed by atoms with E-state index in [-0.39, 0.29) is 11.5 Å². The lowest BCUT2D eigenvalue weighted by molar-refractivity contribution is -0.140. The van der Waals surface area contributed by atoms with Crippen molar-refractivity contribution in [3.8, 4) is 0 Å². The molecule has 0 aliphatic rings. The smallest absolute Gasteiger partial charge is 0.326 e. The molecular weight excluding hydrogens is 236 g/mol. The molecule has 6 nitrogen and oxygen atoms in total. The summed E-state index contributed by atoms with van der Waals surface area (Å²) >= 11 is 0. The van der Waals surface area contributed by atoms with Crippen molar-refractivity contribution >= 4 is 11.9 Å². The van der Waals surface area contributed by atoms with Gasteiger partial charge in [-0.1, -0.05) is 13.8 Å². The second-order valence-electron chi connectivity index (χ2n) is 4.37. The second kappa shape index (κ2) is 5.48. The number of amides is 1. The number of aromatic nitrogens is 1. The Morgan fingerprint density at radius 1 is 1.39 bits per heavy atom. The number of carbonyl (C=O) groups is 2. The van der Waals surface area contributed by atoms with Gasteiger partial charge in [0.15, 0.2) is 0 Å². The molecule has 0 spiro atoms. The van der Waals surface area contributed by atoms with Crippen LogP contribution in [0.5, 0.6) is 0 Å². The van der Waals surface area contributed by atoms with Crippen molar-refractivity contribution < 1.29 is 14.7 Å². The maximum atomic E-state index is 11.8. The van der Waals surface area contributed by atoms with Gasteiger partial charge in [-0.15, -0.1) is 0 Å². The molecule has 1 aromatic rings. The van der Waals surface area contributed by atoms with Crippen LogP contribution < -0.4 is 10.9 Å². The summed E-state index contributed by atoms with van der Waals surface area (Å²) in [5.74, 6) is -2.05. The van der Waals surface area contributed by atoms with Gasteiger partial charge in [-0.2, -0.15) is 0 Å². The van der Waals surface area contributed by atoms with Crippen LogP contribution in [-0.4, -0.2) is 27.6 Å². The van der Waals surface area contributed by atoms with Crippen LogP contribution in [0.2, 0.25) is 0 Å². The molecule has 98 valence electrons. The molecule has 2 N–H and O–H groups in total. The van der Waals surface area contributed by atoms with E-state index in [4.69, 9.17) is 5.11 Å². The quantitative estimate of drug-likeness (QED) is 0.802. The van der Waals surface area contributed by atoms with Crippen LogP contribution in [0.25, 0.3) is 0 Å². The van der Waals surface area contributed by atoms with Crippen LogP contribution in [0.15, 0.2) is 23.1 Å². The summed E-state index contributed by atoms with van der Waals surface area (Å²) in [6.45, 7) is 3.37. The molecule has 0 aliphatic heterocycles. The van der Waals surface area contributed by atoms with Gasteiger partial charge in [0.2, 0.25) is 0 Å². The van der Waals surface area contributed by atoms with Crippen molar-refractivity contribution in [3.05, 3.63) is 34.2 Å². The normalized spacial score (nSPS) is 12.2. The Morgan fingerprint density at radius 2 is 2.00 bits per heavy atom. The highest BCUT2D eigenvalue weighted by molar-refractivity contribution is 5.96. The summed E-state index contributed by atoms with van der Waals surface area (Å²) in [5.41, 5.74) is -0.519. The Balaban J connectivity index is 2.98. The average molecular weight is 252 g/mol. The fourth-order valence-electron chi connectivity index (χ4n) is 1.50. The highest BCUT2D eigenvalue weighted by Gasteiger charge is 2.24. The first kappa shape index (κ1) is 14.0. The van der Waals surface area contributed by atoms with Gasteiger partial charge < -0.3 is 15.0 Å². The molecule has 0 radical (unpaired) electrons. The molecular formula is C12H16N2O4. The number of aryl methyl sites for hydroxylation is 1. The highest BCUT2D eigenvalue weighted by atomic mass is 16.4. The van der Waals surface area contributed by atoms with Crippen molar-refractivity contribution in [2.75, 3.05) is 0 Å². The molecule has 0 aromatic carbocycles. The number of hydrogen-bond acceptors (Lipinski definition) is 3. The molecule has 1 atom stereocenters. The lowest BCUT2D eigenvalue weighted by atomic mass is 10.0. The lowest BCUT2D eigenvalue weighted by Crippen LogP contribution is -2.45. The average Bonchev–Trinajstić information content (AvgIpc) is 2.28. The molecule has 6 heteroatoms. The summed E-state index contributed by atoms with van der Waals surface area (Å²) in [6.07, 6.45) is 1.52. The van der Waals surface area contributed by atoms with Crippen LogP contribution >= 0.6 is 0 Å². The number of nitrogens with one attached hydrogen (secondary N) is 1. The summed E-state index contributed by atoms with van der Waals surface area (Å²) in [7, 11) is 1.52. The van der Waals surface area contributed by atoms with E-state index in [9.17, 15) is 14.4 Å². The topological polar surface area (TPSA) is 88.4 Å². The molecule has 1 heterocycles. The van der Waals surface area contributed by atoms with Crippen molar-refractivity contribution in [1.82, 2.24) is 9.88 Å². The van der Waals surface area contributed by atoms with E-state index >= 15 is 0 Å². The number of carbonyl (C=O) groups excluding carboxylic acids is 1. The number of carboxylic acid groups (broad SMARTS) is 1. The molecule has 1 amide bonds. The van der Waals surface area contributed by atoms with Crippen molar-refractivity contribution in [2.45, 2.75) is 19.9 Å². The van der Waals surface area contributed by atoms with Gasteiger partial charge in [0.05, 0.1) is 0 Å². The first-order valence-electron chi connectivity index (χ1n) is 5.54. The van der Waals surface area contributed by atoms with Gasteiger partial charge >= 0.3 is 5.97 Å². The van der Waals surface area contributed by atoms with Crippen LogP contribution in [0.3, 0.4) is 0 Å². The standard InChI is InChI=1S/C12H16N2O4/c1-7(2)9(12(17)18)13-10(15)8-5-4-6-14(3)11(8)16/h4-7,9H,1-3H3,(H,13,15)(H,17,18)/t9-/m0/s1. The van der Waals surface area contributed by atoms with E-state index in [1.807, 2.05) is 0 Å². The molecule has 0 aliphatic carbocycles. The lowest BCUT2D eigenvalue weighted by Gasteiger charge is -2.17. The van der Waals surface area contributed by atoms with Crippen LogP contribution in [-0.2, 0) is 11.8 Å². The Morgan fingerprint density at radius 3 is 2.50 bits per heavy atom. The second-order valence-corrected chi connectivity index (χ2v) is 4.37. The van der Waals surface area contributed by atoms with E-state index in [1.54, 1.807) is 19.9 Å². The third-order valence-electron chi connectivity index (χ3n) is 2.59. The summed E-state index contributed by atoms with van der Waals surface area (Å²) in [6, 6.07) is 1.92. The van der Waals surface area contributed by atoms with Gasteiger partial charge in [-0.3, -0.25) is 9.59 Å². The fourth-order valence-corrected chi connectivity index (χ4v) is 1.50. The minimum atomic E-state index is -1.12. The van der Waals surface area contributed by atoms with Crippen LogP contribution in [0.4, 0.5) is 0 Å². The van der Waals surface area contributed by atoms with E-state index in [1.165, 1.54) is 23.9 Å². The van der Waals surface area contributed by atoms with E-state index in [0.29, 0.717) is 0 Å². The molecule has 1 rings (SSSR count). The minimum absolute atomic E-state index is 0.0631. The zero-order valence-corrected chi connectivity index (χ0v) is 10.5. The fraction of sp³-hybridized carbons (Fsp3) is 0.417. The molecule has 0 saturated heterocycles. The maximum Gasteiger partial charge on any atom is 0.326 e. The van der Waals surface area contributed by atoms with Crippen molar-refractivity contribution in [2.24, 2.45) is 13.0 Å². The maximum absolute atomic E-state index is 11.8. The SMILES string of the molecule is CC(C)[C@H](NC(=O)c1cccn(C)c1=O)C(=O)O. The predicted octanol–water partition coefficient (Wildman–Crippen LogP) is 0.224. The third-order valence-corrected chi connectivity index (χ3v) is 2.59. The number of nitrogens with zero attached hydrogens (tertiary/aromatic N) is 1. The summed E-state index contributed by atoms with van der Waals surface area (Å²) < 4.78 is 1.26. The van der Waals surface area contributed by atoms with Crippen molar-refractivity contribution in [1.29, 1.82) is 0 Å². The van der Waals surface area contributed by atoms with E-state index in [2.05, 4.69) is 5.32 Å². The molecule has 0 saturated carbocycles. The predicted molar refractivity (Wildman–Crippen MR) is 65.4 cm³/mol. The Labute approximate surface area is 104 Å². The molecule has 0 unspecified atom stereocenters. The Bertz CT molecular complexity index is 519. The van der Waals surface area contributed by atoms with Crippen LogP contribution in [0, 0.1) is 5.92 Å². The zero-order valence-electron chi connectivity index (χ0n) is 10.5. The van der Waals surface area contributed by atoms with E-state index in [0.717, 1.165) is 0 Å². The Hall–Kier alpha value is -2.11. The van der Waals surface area contributed by atoms with Gasteiger partial charge in [-0.25, -0.2) is 4.79 Å². The molecule has 1 aromatic heterocycles. The molecule has 18 heavy (non-hydrogen) atoms. The number of hydrogen-bond donors (Lipinski definition) is 2.